The van der Waals surface area contributed by atoms with Gasteiger partial charge < -0.3 is 10.2 Å². The molecule has 1 aliphatic heterocycles. The van der Waals surface area contributed by atoms with E-state index in [1.165, 1.54) is 12.8 Å². The van der Waals surface area contributed by atoms with Crippen LogP contribution in [-0.2, 0) is 0 Å². The van der Waals surface area contributed by atoms with Crippen molar-refractivity contribution in [3.8, 4) is 0 Å². The van der Waals surface area contributed by atoms with Gasteiger partial charge in [0, 0.05) is 20.1 Å². The van der Waals surface area contributed by atoms with Gasteiger partial charge in [0.2, 0.25) is 0 Å². The standard InChI is InChI=1S/C14H22N4O/c1-14(2)7-4-9-18(10-8-14)12-6-5-11(16-17-12)13(19)15-3/h5-6H,4,7-10H2,1-3H3,(H,15,19). The summed E-state index contributed by atoms with van der Waals surface area (Å²) in [6.45, 7) is 6.64. The van der Waals surface area contributed by atoms with Crippen LogP contribution in [0.3, 0.4) is 0 Å². The number of hydrogen-bond acceptors (Lipinski definition) is 4. The van der Waals surface area contributed by atoms with Crippen LogP contribution in [0.15, 0.2) is 12.1 Å². The molecule has 5 nitrogen and oxygen atoms in total. The quantitative estimate of drug-likeness (QED) is 0.883. The first-order valence-electron chi connectivity index (χ1n) is 6.83. The van der Waals surface area contributed by atoms with Crippen molar-refractivity contribution in [2.75, 3.05) is 25.0 Å². The first-order chi connectivity index (χ1) is 9.02. The molecule has 0 aliphatic carbocycles. The average molecular weight is 262 g/mol. The minimum Gasteiger partial charge on any atom is -0.355 e. The Bertz CT molecular complexity index is 441. The van der Waals surface area contributed by atoms with Crippen LogP contribution in [0.25, 0.3) is 0 Å². The molecule has 1 saturated heterocycles. The number of anilines is 1. The van der Waals surface area contributed by atoms with Crippen molar-refractivity contribution in [3.05, 3.63) is 17.8 Å². The fraction of sp³-hybridized carbons (Fsp3) is 0.643. The van der Waals surface area contributed by atoms with Gasteiger partial charge >= 0.3 is 0 Å². The predicted octanol–water partition coefficient (Wildman–Crippen LogP) is 1.85. The molecule has 1 aliphatic rings. The second-order valence-corrected chi connectivity index (χ2v) is 5.86. The van der Waals surface area contributed by atoms with Crippen LogP contribution in [0.5, 0.6) is 0 Å². The van der Waals surface area contributed by atoms with Crippen LogP contribution < -0.4 is 10.2 Å². The van der Waals surface area contributed by atoms with E-state index < -0.39 is 0 Å². The minimum atomic E-state index is -0.198. The van der Waals surface area contributed by atoms with Gasteiger partial charge in [-0.05, 0) is 36.8 Å². The Kier molecular flexibility index (Phi) is 4.02. The maximum Gasteiger partial charge on any atom is 0.271 e. The Hall–Kier alpha value is -1.65. The number of nitrogens with one attached hydrogen (secondary N) is 1. The third-order valence-corrected chi connectivity index (χ3v) is 3.77. The van der Waals surface area contributed by atoms with Crippen molar-refractivity contribution in [1.29, 1.82) is 0 Å². The van der Waals surface area contributed by atoms with Crippen LogP contribution in [0, 0.1) is 5.41 Å². The van der Waals surface area contributed by atoms with Gasteiger partial charge in [0.15, 0.2) is 11.5 Å². The molecule has 0 aromatic carbocycles. The summed E-state index contributed by atoms with van der Waals surface area (Å²) >= 11 is 0. The van der Waals surface area contributed by atoms with Gasteiger partial charge in [-0.25, -0.2) is 0 Å². The third-order valence-electron chi connectivity index (χ3n) is 3.77. The first kappa shape index (κ1) is 13.8. The van der Waals surface area contributed by atoms with E-state index in [1.54, 1.807) is 13.1 Å². The van der Waals surface area contributed by atoms with Gasteiger partial charge in [0.05, 0.1) is 0 Å². The lowest BCUT2D eigenvalue weighted by Crippen LogP contribution is -2.27. The van der Waals surface area contributed by atoms with Crippen molar-refractivity contribution in [2.24, 2.45) is 5.41 Å². The summed E-state index contributed by atoms with van der Waals surface area (Å²) < 4.78 is 0. The molecular formula is C14H22N4O. The van der Waals surface area contributed by atoms with Gasteiger partial charge in [-0.15, -0.1) is 10.2 Å². The van der Waals surface area contributed by atoms with E-state index >= 15 is 0 Å². The molecule has 0 spiro atoms. The normalized spacial score (nSPS) is 18.8. The fourth-order valence-corrected chi connectivity index (χ4v) is 2.40. The molecule has 1 N–H and O–H groups in total. The lowest BCUT2D eigenvalue weighted by molar-refractivity contribution is 0.0957. The van der Waals surface area contributed by atoms with Gasteiger partial charge in [-0.1, -0.05) is 13.8 Å². The number of carbonyl (C=O) groups is 1. The molecule has 2 heterocycles. The fourth-order valence-electron chi connectivity index (χ4n) is 2.40. The third kappa shape index (κ3) is 3.43. The molecule has 2 rings (SSSR count). The molecule has 0 radical (unpaired) electrons. The topological polar surface area (TPSA) is 58.1 Å². The summed E-state index contributed by atoms with van der Waals surface area (Å²) in [5.74, 6) is 0.668. The molecule has 0 bridgehead atoms. The molecular weight excluding hydrogens is 240 g/mol. The molecule has 0 unspecified atom stereocenters. The molecule has 1 fully saturated rings. The van der Waals surface area contributed by atoms with Crippen LogP contribution in [-0.4, -0.2) is 36.2 Å². The van der Waals surface area contributed by atoms with Crippen molar-refractivity contribution < 1.29 is 4.79 Å². The number of carbonyl (C=O) groups excluding carboxylic acids is 1. The highest BCUT2D eigenvalue weighted by Crippen LogP contribution is 2.30. The average Bonchev–Trinajstić information content (AvgIpc) is 2.59. The zero-order valence-corrected chi connectivity index (χ0v) is 11.9. The van der Waals surface area contributed by atoms with Crippen LogP contribution in [0.2, 0.25) is 0 Å². The molecule has 0 saturated carbocycles. The highest BCUT2D eigenvalue weighted by atomic mass is 16.1. The second-order valence-electron chi connectivity index (χ2n) is 5.86. The van der Waals surface area contributed by atoms with Gasteiger partial charge in [-0.2, -0.15) is 0 Å². The number of rotatable bonds is 2. The van der Waals surface area contributed by atoms with E-state index in [4.69, 9.17) is 0 Å². The lowest BCUT2D eigenvalue weighted by Gasteiger charge is -2.23. The van der Waals surface area contributed by atoms with Gasteiger partial charge in [0.25, 0.3) is 5.91 Å². The zero-order chi connectivity index (χ0) is 13.9. The summed E-state index contributed by atoms with van der Waals surface area (Å²) in [6, 6.07) is 3.62. The lowest BCUT2D eigenvalue weighted by atomic mass is 9.85. The summed E-state index contributed by atoms with van der Waals surface area (Å²) in [4.78, 5) is 13.7. The van der Waals surface area contributed by atoms with Crippen molar-refractivity contribution in [3.63, 3.8) is 0 Å². The molecule has 0 atom stereocenters. The van der Waals surface area contributed by atoms with Crippen molar-refractivity contribution in [1.82, 2.24) is 15.5 Å². The molecule has 19 heavy (non-hydrogen) atoms. The zero-order valence-electron chi connectivity index (χ0n) is 11.9. The van der Waals surface area contributed by atoms with Gasteiger partial charge in [0.1, 0.15) is 0 Å². The summed E-state index contributed by atoms with van der Waals surface area (Å²) in [5, 5.41) is 10.7. The molecule has 1 aromatic heterocycles. The highest BCUT2D eigenvalue weighted by Gasteiger charge is 2.23. The number of aromatic nitrogens is 2. The summed E-state index contributed by atoms with van der Waals surface area (Å²) in [5.41, 5.74) is 0.769. The largest absolute Gasteiger partial charge is 0.355 e. The van der Waals surface area contributed by atoms with Crippen molar-refractivity contribution in [2.45, 2.75) is 33.1 Å². The van der Waals surface area contributed by atoms with Crippen LogP contribution in [0.1, 0.15) is 43.6 Å². The Morgan fingerprint density at radius 1 is 1.26 bits per heavy atom. The van der Waals surface area contributed by atoms with E-state index in [-0.39, 0.29) is 5.91 Å². The van der Waals surface area contributed by atoms with Crippen molar-refractivity contribution >= 4 is 11.7 Å². The number of hydrogen-bond donors (Lipinski definition) is 1. The Morgan fingerprint density at radius 3 is 2.68 bits per heavy atom. The molecule has 5 heteroatoms. The van der Waals surface area contributed by atoms with E-state index in [2.05, 4.69) is 34.3 Å². The maximum atomic E-state index is 11.4. The second kappa shape index (κ2) is 5.55. The Balaban J connectivity index is 2.08. The SMILES string of the molecule is CNC(=O)c1ccc(N2CCCC(C)(C)CC2)nn1. The minimum absolute atomic E-state index is 0.198. The molecule has 104 valence electrons. The molecule has 1 amide bonds. The Morgan fingerprint density at radius 2 is 2.05 bits per heavy atom. The van der Waals surface area contributed by atoms with Crippen LogP contribution in [0.4, 0.5) is 5.82 Å². The van der Waals surface area contributed by atoms with E-state index in [0.717, 1.165) is 25.3 Å². The smallest absolute Gasteiger partial charge is 0.271 e. The molecule has 1 aromatic rings. The maximum absolute atomic E-state index is 11.4. The van der Waals surface area contributed by atoms with Crippen LogP contribution >= 0.6 is 0 Å². The predicted molar refractivity (Wildman–Crippen MR) is 75.3 cm³/mol. The van der Waals surface area contributed by atoms with E-state index in [0.29, 0.717) is 11.1 Å². The summed E-state index contributed by atoms with van der Waals surface area (Å²) in [7, 11) is 1.59. The number of amides is 1. The Labute approximate surface area is 114 Å². The highest BCUT2D eigenvalue weighted by molar-refractivity contribution is 5.91. The number of nitrogens with zero attached hydrogens (tertiary/aromatic N) is 3. The first-order valence-corrected chi connectivity index (χ1v) is 6.83. The van der Waals surface area contributed by atoms with E-state index in [9.17, 15) is 4.79 Å². The monoisotopic (exact) mass is 262 g/mol. The van der Waals surface area contributed by atoms with Gasteiger partial charge in [-0.3, -0.25) is 4.79 Å². The summed E-state index contributed by atoms with van der Waals surface area (Å²) in [6.07, 6.45) is 3.57. The van der Waals surface area contributed by atoms with E-state index in [1.807, 2.05) is 6.07 Å².